The van der Waals surface area contributed by atoms with Crippen molar-refractivity contribution in [3.63, 3.8) is 0 Å². The van der Waals surface area contributed by atoms with E-state index in [0.717, 1.165) is 5.56 Å². The fraction of sp³-hybridized carbons (Fsp3) is 0.0556. The van der Waals surface area contributed by atoms with E-state index in [1.54, 1.807) is 24.3 Å². The predicted octanol–water partition coefficient (Wildman–Crippen LogP) is 5.98. The number of carbonyl (C=O) groups is 1. The lowest BCUT2D eigenvalue weighted by Gasteiger charge is -2.08. The molecule has 1 aromatic heterocycles. The fourth-order valence-corrected chi connectivity index (χ4v) is 3.33. The smallest absolute Gasteiger partial charge is 0.275 e. The maximum atomic E-state index is 12.5. The molecule has 0 radical (unpaired) electrons. The Morgan fingerprint density at radius 1 is 1.04 bits per heavy atom. The van der Waals surface area contributed by atoms with Crippen molar-refractivity contribution in [2.24, 2.45) is 0 Å². The van der Waals surface area contributed by atoms with Gasteiger partial charge in [-0.05, 0) is 35.9 Å². The fourth-order valence-electron chi connectivity index (χ4n) is 2.06. The zero-order valence-electron chi connectivity index (χ0n) is 13.2. The summed E-state index contributed by atoms with van der Waals surface area (Å²) in [5.41, 5.74) is 1.75. The molecule has 3 aromatic rings. The molecule has 1 N–H and O–H groups in total. The molecule has 0 aliphatic carbocycles. The van der Waals surface area contributed by atoms with E-state index in [1.165, 1.54) is 18.0 Å². The Bertz CT molecular complexity index is 935. The van der Waals surface area contributed by atoms with Crippen LogP contribution in [0.2, 0.25) is 15.1 Å². The van der Waals surface area contributed by atoms with Crippen LogP contribution in [0.4, 0.5) is 5.69 Å². The van der Waals surface area contributed by atoms with Gasteiger partial charge in [-0.2, -0.15) is 0 Å². The molecule has 0 aliphatic rings. The molecule has 8 heteroatoms. The van der Waals surface area contributed by atoms with Gasteiger partial charge in [0, 0.05) is 21.5 Å². The van der Waals surface area contributed by atoms with Gasteiger partial charge < -0.3 is 5.32 Å². The SMILES string of the molecule is O=C(Nc1cccc(Cl)c1)c1nc(SCc2ccc(Cl)cc2)ncc1Cl. The molecule has 3 rings (SSSR count). The predicted molar refractivity (Wildman–Crippen MR) is 107 cm³/mol. The standard InChI is InChI=1S/C18H12Cl3N3OS/c19-12-6-4-11(5-7-12)10-26-18-22-9-15(21)16(24-18)17(25)23-14-3-1-2-13(20)8-14/h1-9H,10H2,(H,23,25). The highest BCUT2D eigenvalue weighted by Crippen LogP contribution is 2.24. The summed E-state index contributed by atoms with van der Waals surface area (Å²) in [7, 11) is 0. The van der Waals surface area contributed by atoms with Crippen LogP contribution in [-0.4, -0.2) is 15.9 Å². The first-order chi connectivity index (χ1) is 12.5. The van der Waals surface area contributed by atoms with E-state index in [1.807, 2.05) is 24.3 Å². The van der Waals surface area contributed by atoms with E-state index in [-0.39, 0.29) is 10.7 Å². The molecule has 1 heterocycles. The summed E-state index contributed by atoms with van der Waals surface area (Å²) < 4.78 is 0. The van der Waals surface area contributed by atoms with Crippen LogP contribution in [0.1, 0.15) is 16.1 Å². The first-order valence-corrected chi connectivity index (χ1v) is 9.60. The average molecular weight is 425 g/mol. The molecule has 0 aliphatic heterocycles. The highest BCUT2D eigenvalue weighted by atomic mass is 35.5. The number of carbonyl (C=O) groups excluding carboxylic acids is 1. The minimum Gasteiger partial charge on any atom is -0.321 e. The van der Waals surface area contributed by atoms with Crippen LogP contribution < -0.4 is 5.32 Å². The van der Waals surface area contributed by atoms with Gasteiger partial charge in [-0.1, -0.05) is 64.8 Å². The maximum absolute atomic E-state index is 12.5. The maximum Gasteiger partial charge on any atom is 0.275 e. The number of halogens is 3. The van der Waals surface area contributed by atoms with Crippen LogP contribution in [0.15, 0.2) is 59.9 Å². The van der Waals surface area contributed by atoms with Gasteiger partial charge in [0.05, 0.1) is 11.2 Å². The largest absolute Gasteiger partial charge is 0.321 e. The van der Waals surface area contributed by atoms with Gasteiger partial charge in [0.2, 0.25) is 0 Å². The number of hydrogen-bond acceptors (Lipinski definition) is 4. The monoisotopic (exact) mass is 423 g/mol. The lowest BCUT2D eigenvalue weighted by atomic mass is 10.2. The van der Waals surface area contributed by atoms with Crippen LogP contribution in [0.5, 0.6) is 0 Å². The molecular formula is C18H12Cl3N3OS. The Morgan fingerprint density at radius 3 is 2.54 bits per heavy atom. The number of hydrogen-bond donors (Lipinski definition) is 1. The van der Waals surface area contributed by atoms with Crippen LogP contribution >= 0.6 is 46.6 Å². The molecule has 0 atom stereocenters. The Hall–Kier alpha value is -1.79. The summed E-state index contributed by atoms with van der Waals surface area (Å²) in [6.45, 7) is 0. The first-order valence-electron chi connectivity index (χ1n) is 7.48. The first kappa shape index (κ1) is 19.0. The van der Waals surface area contributed by atoms with Crippen LogP contribution in [0, 0.1) is 0 Å². The topological polar surface area (TPSA) is 54.9 Å². The highest BCUT2D eigenvalue weighted by Gasteiger charge is 2.15. The van der Waals surface area contributed by atoms with Crippen molar-refractivity contribution < 1.29 is 4.79 Å². The Labute approximate surface area is 169 Å². The average Bonchev–Trinajstić information content (AvgIpc) is 2.62. The molecular weight excluding hydrogens is 413 g/mol. The van der Waals surface area contributed by atoms with E-state index in [0.29, 0.717) is 26.6 Å². The molecule has 0 spiro atoms. The number of thioether (sulfide) groups is 1. The van der Waals surface area contributed by atoms with Crippen LogP contribution in [0.25, 0.3) is 0 Å². The number of nitrogens with one attached hydrogen (secondary N) is 1. The Balaban J connectivity index is 1.72. The van der Waals surface area contributed by atoms with Crippen LogP contribution in [-0.2, 0) is 5.75 Å². The molecule has 0 saturated heterocycles. The quantitative estimate of drug-likeness (QED) is 0.404. The van der Waals surface area contributed by atoms with E-state index >= 15 is 0 Å². The summed E-state index contributed by atoms with van der Waals surface area (Å²) in [5.74, 6) is 0.224. The second kappa shape index (κ2) is 8.73. The van der Waals surface area contributed by atoms with Crippen molar-refractivity contribution in [1.29, 1.82) is 0 Å². The van der Waals surface area contributed by atoms with Gasteiger partial charge in [-0.15, -0.1) is 0 Å². The van der Waals surface area contributed by atoms with Gasteiger partial charge in [-0.3, -0.25) is 4.79 Å². The number of aromatic nitrogens is 2. The van der Waals surface area contributed by atoms with Gasteiger partial charge in [0.15, 0.2) is 10.9 Å². The van der Waals surface area contributed by atoms with Crippen molar-refractivity contribution in [3.05, 3.63) is 81.1 Å². The Kier molecular flexibility index (Phi) is 6.38. The van der Waals surface area contributed by atoms with Crippen LogP contribution in [0.3, 0.4) is 0 Å². The molecule has 4 nitrogen and oxygen atoms in total. The minimum atomic E-state index is -0.423. The second-order valence-corrected chi connectivity index (χ2v) is 7.45. The minimum absolute atomic E-state index is 0.111. The number of amides is 1. The van der Waals surface area contributed by atoms with E-state index < -0.39 is 5.91 Å². The van der Waals surface area contributed by atoms with E-state index in [4.69, 9.17) is 34.8 Å². The molecule has 26 heavy (non-hydrogen) atoms. The summed E-state index contributed by atoms with van der Waals surface area (Å²) in [5, 5.41) is 4.57. The zero-order chi connectivity index (χ0) is 18.5. The van der Waals surface area contributed by atoms with E-state index in [9.17, 15) is 4.79 Å². The van der Waals surface area contributed by atoms with Crippen molar-refractivity contribution in [2.45, 2.75) is 10.9 Å². The number of benzene rings is 2. The third-order valence-corrected chi connectivity index (χ3v) is 5.00. The van der Waals surface area contributed by atoms with Crippen molar-refractivity contribution in [3.8, 4) is 0 Å². The third kappa shape index (κ3) is 5.11. The second-order valence-electron chi connectivity index (χ2n) is 5.23. The molecule has 0 fully saturated rings. The molecule has 1 amide bonds. The number of rotatable bonds is 5. The molecule has 132 valence electrons. The van der Waals surface area contributed by atoms with Crippen molar-refractivity contribution >= 4 is 58.2 Å². The molecule has 0 saturated carbocycles. The summed E-state index contributed by atoms with van der Waals surface area (Å²) >= 11 is 19.3. The normalized spacial score (nSPS) is 10.6. The summed E-state index contributed by atoms with van der Waals surface area (Å²) in [6.07, 6.45) is 1.42. The third-order valence-electron chi connectivity index (χ3n) is 3.30. The van der Waals surface area contributed by atoms with Gasteiger partial charge in [0.25, 0.3) is 5.91 Å². The van der Waals surface area contributed by atoms with Crippen molar-refractivity contribution in [2.75, 3.05) is 5.32 Å². The Morgan fingerprint density at radius 2 is 1.81 bits per heavy atom. The number of nitrogens with zero attached hydrogens (tertiary/aromatic N) is 2. The molecule has 2 aromatic carbocycles. The molecule has 0 unspecified atom stereocenters. The van der Waals surface area contributed by atoms with E-state index in [2.05, 4.69) is 15.3 Å². The zero-order valence-corrected chi connectivity index (χ0v) is 16.3. The summed E-state index contributed by atoms with van der Waals surface area (Å²) in [6, 6.07) is 14.3. The lowest BCUT2D eigenvalue weighted by molar-refractivity contribution is 0.102. The number of anilines is 1. The van der Waals surface area contributed by atoms with Gasteiger partial charge >= 0.3 is 0 Å². The lowest BCUT2D eigenvalue weighted by Crippen LogP contribution is -2.15. The van der Waals surface area contributed by atoms with Gasteiger partial charge in [-0.25, -0.2) is 9.97 Å². The van der Waals surface area contributed by atoms with Gasteiger partial charge in [0.1, 0.15) is 0 Å². The summed E-state index contributed by atoms with van der Waals surface area (Å²) in [4.78, 5) is 20.9. The van der Waals surface area contributed by atoms with Crippen molar-refractivity contribution in [1.82, 2.24) is 9.97 Å². The molecule has 0 bridgehead atoms. The highest BCUT2D eigenvalue weighted by molar-refractivity contribution is 7.98.